The molecule has 0 saturated heterocycles. The van der Waals surface area contributed by atoms with Gasteiger partial charge in [0, 0.05) is 0 Å². The van der Waals surface area contributed by atoms with Crippen molar-refractivity contribution in [2.75, 3.05) is 0 Å². The quantitative estimate of drug-likeness (QED) is 0.402. The van der Waals surface area contributed by atoms with Crippen LogP contribution in [0.15, 0.2) is 24.3 Å². The van der Waals surface area contributed by atoms with Gasteiger partial charge in [-0.05, 0) is 24.1 Å². The summed E-state index contributed by atoms with van der Waals surface area (Å²) in [6.07, 6.45) is 1.10. The van der Waals surface area contributed by atoms with Crippen LogP contribution >= 0.6 is 0 Å². The molecule has 0 bridgehead atoms. The molecule has 0 aliphatic carbocycles. The molecule has 0 fully saturated rings. The largest absolute Gasteiger partial charge is 0.302 e. The Hall–Kier alpha value is -1.26. The Morgan fingerprint density at radius 1 is 1.62 bits per heavy atom. The molecule has 3 nitrogen and oxygen atoms in total. The summed E-state index contributed by atoms with van der Waals surface area (Å²) in [5, 5.41) is 0. The lowest BCUT2D eigenvalue weighted by Gasteiger charge is -2.07. The Morgan fingerprint density at radius 3 is 2.92 bits per heavy atom. The minimum Gasteiger partial charge on any atom is -0.302 e. The van der Waals surface area contributed by atoms with E-state index in [1.165, 1.54) is 12.1 Å². The van der Waals surface area contributed by atoms with Gasteiger partial charge in [-0.2, -0.15) is 0 Å². The molecule has 0 unspecified atom stereocenters. The van der Waals surface area contributed by atoms with E-state index >= 15 is 0 Å². The number of halogens is 1. The minimum atomic E-state index is -0.457. The number of aldehydes is 1. The molecule has 1 atom stereocenters. The molecule has 4 heteroatoms. The summed E-state index contributed by atoms with van der Waals surface area (Å²) in [4.78, 5) is 10.4. The van der Waals surface area contributed by atoms with Crippen molar-refractivity contribution in [3.63, 3.8) is 0 Å². The smallest absolute Gasteiger partial charge is 0.138 e. The number of rotatable bonds is 4. The number of hydrogen-bond donors (Lipinski definition) is 2. The number of hydrazine groups is 1. The lowest BCUT2D eigenvalue weighted by atomic mass is 10.1. The summed E-state index contributed by atoms with van der Waals surface area (Å²) in [5.41, 5.74) is 3.07. The van der Waals surface area contributed by atoms with Crippen LogP contribution in [0.3, 0.4) is 0 Å². The van der Waals surface area contributed by atoms with Gasteiger partial charge in [0.2, 0.25) is 0 Å². The van der Waals surface area contributed by atoms with Crippen molar-refractivity contribution in [1.29, 1.82) is 0 Å². The van der Waals surface area contributed by atoms with E-state index in [0.29, 0.717) is 12.7 Å². The third-order valence-electron chi connectivity index (χ3n) is 1.72. The molecule has 0 amide bonds. The summed E-state index contributed by atoms with van der Waals surface area (Å²) >= 11 is 0. The van der Waals surface area contributed by atoms with Crippen molar-refractivity contribution in [2.24, 2.45) is 5.84 Å². The molecule has 0 aliphatic heterocycles. The van der Waals surface area contributed by atoms with Crippen LogP contribution in [0.4, 0.5) is 4.39 Å². The topological polar surface area (TPSA) is 55.1 Å². The Kier molecular flexibility index (Phi) is 3.54. The predicted molar refractivity (Wildman–Crippen MR) is 47.3 cm³/mol. The predicted octanol–water partition coefficient (Wildman–Crippen LogP) is 0.399. The fraction of sp³-hybridized carbons (Fsp3) is 0.222. The van der Waals surface area contributed by atoms with E-state index < -0.39 is 6.04 Å². The second-order valence-corrected chi connectivity index (χ2v) is 2.74. The third-order valence-corrected chi connectivity index (χ3v) is 1.72. The van der Waals surface area contributed by atoms with Gasteiger partial charge < -0.3 is 4.79 Å². The van der Waals surface area contributed by atoms with Gasteiger partial charge >= 0.3 is 0 Å². The molecule has 0 spiro atoms. The summed E-state index contributed by atoms with van der Waals surface area (Å²) in [6.45, 7) is 0. The van der Waals surface area contributed by atoms with Gasteiger partial charge in [-0.1, -0.05) is 12.1 Å². The van der Waals surface area contributed by atoms with Gasteiger partial charge in [-0.15, -0.1) is 0 Å². The number of nitrogens with two attached hydrogens (primary N) is 1. The lowest BCUT2D eigenvalue weighted by molar-refractivity contribution is -0.109. The monoisotopic (exact) mass is 182 g/mol. The van der Waals surface area contributed by atoms with Crippen LogP contribution in [-0.4, -0.2) is 12.3 Å². The van der Waals surface area contributed by atoms with E-state index in [9.17, 15) is 9.18 Å². The standard InChI is InChI=1S/C9H11FN2O/c10-8-3-1-2-7(4-8)5-9(6-13)12-11/h1-4,6,9,12H,5,11H2/t9-/m1/s1. The van der Waals surface area contributed by atoms with E-state index in [4.69, 9.17) is 5.84 Å². The minimum absolute atomic E-state index is 0.306. The first kappa shape index (κ1) is 9.83. The maximum atomic E-state index is 12.7. The normalized spacial score (nSPS) is 12.5. The molecular weight excluding hydrogens is 171 g/mol. The van der Waals surface area contributed by atoms with Crippen molar-refractivity contribution in [3.05, 3.63) is 35.6 Å². The van der Waals surface area contributed by atoms with Crippen molar-refractivity contribution in [3.8, 4) is 0 Å². The van der Waals surface area contributed by atoms with E-state index in [1.54, 1.807) is 12.1 Å². The highest BCUT2D eigenvalue weighted by molar-refractivity contribution is 5.58. The second kappa shape index (κ2) is 4.69. The van der Waals surface area contributed by atoms with Crippen LogP contribution in [-0.2, 0) is 11.2 Å². The number of carbonyl (C=O) groups excluding carboxylic acids is 1. The van der Waals surface area contributed by atoms with Crippen LogP contribution < -0.4 is 11.3 Å². The van der Waals surface area contributed by atoms with Gasteiger partial charge in [-0.25, -0.2) is 9.82 Å². The summed E-state index contributed by atoms with van der Waals surface area (Å²) < 4.78 is 12.7. The Morgan fingerprint density at radius 2 is 2.38 bits per heavy atom. The molecule has 1 aromatic carbocycles. The molecule has 1 aromatic rings. The maximum Gasteiger partial charge on any atom is 0.138 e. The molecule has 0 radical (unpaired) electrons. The molecular formula is C9H11FN2O. The van der Waals surface area contributed by atoms with Crippen molar-refractivity contribution < 1.29 is 9.18 Å². The van der Waals surface area contributed by atoms with Gasteiger partial charge in [-0.3, -0.25) is 5.84 Å². The highest BCUT2D eigenvalue weighted by Crippen LogP contribution is 2.05. The zero-order valence-corrected chi connectivity index (χ0v) is 7.03. The fourth-order valence-electron chi connectivity index (χ4n) is 1.06. The number of benzene rings is 1. The lowest BCUT2D eigenvalue weighted by Crippen LogP contribution is -2.37. The maximum absolute atomic E-state index is 12.7. The van der Waals surface area contributed by atoms with Crippen molar-refractivity contribution in [1.82, 2.24) is 5.43 Å². The molecule has 0 heterocycles. The Balaban J connectivity index is 2.67. The van der Waals surface area contributed by atoms with Crippen LogP contribution in [0.1, 0.15) is 5.56 Å². The number of hydrogen-bond acceptors (Lipinski definition) is 3. The molecule has 0 saturated carbocycles. The highest BCUT2D eigenvalue weighted by atomic mass is 19.1. The number of carbonyl (C=O) groups is 1. The first-order valence-corrected chi connectivity index (χ1v) is 3.92. The van der Waals surface area contributed by atoms with Crippen molar-refractivity contribution in [2.45, 2.75) is 12.5 Å². The van der Waals surface area contributed by atoms with Gasteiger partial charge in [0.15, 0.2) is 0 Å². The van der Waals surface area contributed by atoms with Crippen LogP contribution in [0.25, 0.3) is 0 Å². The Labute approximate surface area is 75.7 Å². The van der Waals surface area contributed by atoms with E-state index in [0.717, 1.165) is 5.56 Å². The average Bonchev–Trinajstić information content (AvgIpc) is 2.14. The van der Waals surface area contributed by atoms with E-state index in [1.807, 2.05) is 0 Å². The van der Waals surface area contributed by atoms with E-state index in [2.05, 4.69) is 5.43 Å². The first-order valence-electron chi connectivity index (χ1n) is 3.92. The van der Waals surface area contributed by atoms with Gasteiger partial charge in [0.1, 0.15) is 12.1 Å². The van der Waals surface area contributed by atoms with Gasteiger partial charge in [0.05, 0.1) is 6.04 Å². The first-order chi connectivity index (χ1) is 6.26. The van der Waals surface area contributed by atoms with Crippen LogP contribution in [0.2, 0.25) is 0 Å². The van der Waals surface area contributed by atoms with Crippen LogP contribution in [0, 0.1) is 5.82 Å². The SMILES string of the molecule is NN[C@@H](C=O)Cc1cccc(F)c1. The molecule has 0 aliphatic rings. The van der Waals surface area contributed by atoms with Gasteiger partial charge in [0.25, 0.3) is 0 Å². The summed E-state index contributed by atoms with van der Waals surface area (Å²) in [7, 11) is 0. The summed E-state index contributed by atoms with van der Waals surface area (Å²) in [6, 6.07) is 5.63. The number of nitrogens with one attached hydrogen (secondary N) is 1. The third kappa shape index (κ3) is 2.93. The van der Waals surface area contributed by atoms with Crippen LogP contribution in [0.5, 0.6) is 0 Å². The fourth-order valence-corrected chi connectivity index (χ4v) is 1.06. The molecule has 1 rings (SSSR count). The van der Waals surface area contributed by atoms with E-state index in [-0.39, 0.29) is 5.82 Å². The van der Waals surface area contributed by atoms with Crippen molar-refractivity contribution >= 4 is 6.29 Å². The zero-order valence-electron chi connectivity index (χ0n) is 7.03. The Bertz CT molecular complexity index is 291. The molecule has 13 heavy (non-hydrogen) atoms. The second-order valence-electron chi connectivity index (χ2n) is 2.74. The summed E-state index contributed by atoms with van der Waals surface area (Å²) in [5.74, 6) is 4.79. The zero-order chi connectivity index (χ0) is 9.68. The molecule has 70 valence electrons. The molecule has 3 N–H and O–H groups in total. The average molecular weight is 182 g/mol. The highest BCUT2D eigenvalue weighted by Gasteiger charge is 2.05. The molecule has 0 aromatic heterocycles.